The Morgan fingerprint density at radius 2 is 2.06 bits per heavy atom. The number of rotatable bonds is 8. The van der Waals surface area contributed by atoms with Crippen LogP contribution >= 0.6 is 11.8 Å². The molecule has 4 rings (SSSR count). The lowest BCUT2D eigenvalue weighted by atomic mass is 10.1. The number of nitrogens with one attached hydrogen (secondary N) is 1. The van der Waals surface area contributed by atoms with Gasteiger partial charge in [-0.3, -0.25) is 4.79 Å². The second kappa shape index (κ2) is 8.96. The number of nitrogens with zero attached hydrogens (tertiary/aromatic N) is 4. The molecule has 3 aromatic heterocycles. The van der Waals surface area contributed by atoms with Crippen molar-refractivity contribution in [2.45, 2.75) is 38.2 Å². The summed E-state index contributed by atoms with van der Waals surface area (Å²) >= 11 is 1.34. The molecule has 3 heterocycles. The topological polar surface area (TPSA) is 103 Å². The normalized spacial score (nSPS) is 11.2. The zero-order valence-corrected chi connectivity index (χ0v) is 19.0. The number of hydrogen-bond donors (Lipinski definition) is 1. The van der Waals surface area contributed by atoms with Gasteiger partial charge in [-0.05, 0) is 32.4 Å². The van der Waals surface area contributed by atoms with Crippen molar-refractivity contribution in [1.29, 1.82) is 0 Å². The van der Waals surface area contributed by atoms with E-state index in [2.05, 4.69) is 26.3 Å². The molecule has 32 heavy (non-hydrogen) atoms. The molecule has 0 aliphatic rings. The van der Waals surface area contributed by atoms with Gasteiger partial charge in [-0.2, -0.15) is 0 Å². The van der Waals surface area contributed by atoms with Crippen LogP contribution < -0.4 is 0 Å². The Bertz CT molecular complexity index is 1350. The number of hydrogen-bond acceptors (Lipinski definition) is 7. The molecule has 1 N–H and O–H groups in total. The molecule has 0 unspecified atom stereocenters. The average molecular weight is 450 g/mol. The Morgan fingerprint density at radius 3 is 2.78 bits per heavy atom. The summed E-state index contributed by atoms with van der Waals surface area (Å²) in [5.41, 5.74) is 4.50. The molecule has 1 aromatic carbocycles. The molecule has 4 aromatic rings. The molecule has 0 atom stereocenters. The number of thioether (sulfide) groups is 1. The largest absolute Gasteiger partial charge is 0.461 e. The van der Waals surface area contributed by atoms with E-state index < -0.39 is 5.97 Å². The van der Waals surface area contributed by atoms with Crippen LogP contribution in [0.25, 0.3) is 22.1 Å². The molecular weight excluding hydrogens is 426 g/mol. The summed E-state index contributed by atoms with van der Waals surface area (Å²) < 4.78 is 7.15. The molecule has 0 saturated heterocycles. The van der Waals surface area contributed by atoms with Gasteiger partial charge in [0.25, 0.3) is 0 Å². The number of fused-ring (bicyclic) bond motifs is 3. The molecule has 164 valence electrons. The van der Waals surface area contributed by atoms with Gasteiger partial charge in [-0.15, -0.1) is 16.8 Å². The van der Waals surface area contributed by atoms with Crippen molar-refractivity contribution in [3.63, 3.8) is 0 Å². The molecule has 0 spiro atoms. The summed E-state index contributed by atoms with van der Waals surface area (Å²) in [4.78, 5) is 32.3. The van der Waals surface area contributed by atoms with Crippen LogP contribution in [0.2, 0.25) is 0 Å². The van der Waals surface area contributed by atoms with E-state index in [0.717, 1.165) is 22.1 Å². The monoisotopic (exact) mass is 449 g/mol. The number of aromatic nitrogens is 5. The molecule has 0 fully saturated rings. The van der Waals surface area contributed by atoms with Gasteiger partial charge in [0.15, 0.2) is 11.4 Å². The molecular formula is C23H23N5O3S. The quantitative estimate of drug-likeness (QED) is 0.183. The predicted molar refractivity (Wildman–Crippen MR) is 124 cm³/mol. The zero-order chi connectivity index (χ0) is 22.8. The smallest absolute Gasteiger partial charge is 0.355 e. The Hall–Kier alpha value is -3.46. The Kier molecular flexibility index (Phi) is 6.09. The first-order chi connectivity index (χ1) is 15.5. The first-order valence-corrected chi connectivity index (χ1v) is 11.2. The molecule has 0 aliphatic heterocycles. The summed E-state index contributed by atoms with van der Waals surface area (Å²) in [6.45, 7) is 9.67. The number of esters is 1. The van der Waals surface area contributed by atoms with E-state index in [9.17, 15) is 9.59 Å². The maximum Gasteiger partial charge on any atom is 0.355 e. The third kappa shape index (κ3) is 3.80. The summed E-state index contributed by atoms with van der Waals surface area (Å²) in [6.07, 6.45) is 1.82. The maximum absolute atomic E-state index is 12.2. The van der Waals surface area contributed by atoms with Crippen LogP contribution in [0.5, 0.6) is 0 Å². The highest BCUT2D eigenvalue weighted by Crippen LogP contribution is 2.29. The van der Waals surface area contributed by atoms with Gasteiger partial charge in [-0.1, -0.05) is 36.0 Å². The summed E-state index contributed by atoms with van der Waals surface area (Å²) in [5, 5.41) is 10.2. The van der Waals surface area contributed by atoms with Gasteiger partial charge < -0.3 is 14.3 Å². The molecule has 0 saturated carbocycles. The second-order valence-corrected chi connectivity index (χ2v) is 8.17. The third-order valence-corrected chi connectivity index (χ3v) is 6.04. The van der Waals surface area contributed by atoms with Gasteiger partial charge in [0.1, 0.15) is 11.2 Å². The number of allylic oxidation sites excluding steroid dienone is 1. The van der Waals surface area contributed by atoms with E-state index in [-0.39, 0.29) is 12.4 Å². The molecule has 0 amide bonds. The van der Waals surface area contributed by atoms with Crippen LogP contribution in [-0.4, -0.2) is 43.1 Å². The standard InChI is InChI=1S/C23H23N5O3S/c1-5-11-28-17-10-8-7-9-15(17)20-21(28)25-23(27-26-20)32-12-16-18(14(4)29)13(3)19(24-16)22(30)31-6-2/h5,7-10,24H,1,6,11-12H2,2-4H3. The van der Waals surface area contributed by atoms with E-state index in [4.69, 9.17) is 9.72 Å². The van der Waals surface area contributed by atoms with Crippen LogP contribution in [0.1, 0.15) is 46.0 Å². The van der Waals surface area contributed by atoms with Crippen LogP contribution in [0.4, 0.5) is 0 Å². The SMILES string of the molecule is C=CCn1c2ccccc2c2nnc(SCc3[nH]c(C(=O)OCC)c(C)c3C(C)=O)nc21. The Balaban J connectivity index is 1.69. The minimum atomic E-state index is -0.475. The first kappa shape index (κ1) is 21.8. The van der Waals surface area contributed by atoms with Crippen molar-refractivity contribution in [2.75, 3.05) is 6.61 Å². The highest BCUT2D eigenvalue weighted by atomic mass is 32.2. The van der Waals surface area contributed by atoms with Crippen LogP contribution in [0, 0.1) is 6.92 Å². The van der Waals surface area contributed by atoms with Crippen molar-refractivity contribution in [2.24, 2.45) is 0 Å². The summed E-state index contributed by atoms with van der Waals surface area (Å²) in [5.74, 6) is -0.216. The van der Waals surface area contributed by atoms with E-state index >= 15 is 0 Å². The fourth-order valence-corrected chi connectivity index (χ4v) is 4.59. The fourth-order valence-electron chi connectivity index (χ4n) is 3.85. The van der Waals surface area contributed by atoms with Crippen molar-refractivity contribution < 1.29 is 14.3 Å². The van der Waals surface area contributed by atoms with E-state index in [1.807, 2.05) is 30.3 Å². The number of benzene rings is 1. The van der Waals surface area contributed by atoms with Crippen molar-refractivity contribution >= 4 is 45.6 Å². The third-order valence-electron chi connectivity index (χ3n) is 5.17. The summed E-state index contributed by atoms with van der Waals surface area (Å²) in [7, 11) is 0. The molecule has 0 bridgehead atoms. The average Bonchev–Trinajstić information content (AvgIpc) is 3.28. The number of carbonyl (C=O) groups is 2. The minimum absolute atomic E-state index is 0.120. The Morgan fingerprint density at radius 1 is 1.28 bits per heavy atom. The van der Waals surface area contributed by atoms with Crippen LogP contribution in [0.3, 0.4) is 0 Å². The number of aromatic amines is 1. The van der Waals surface area contributed by atoms with E-state index in [1.54, 1.807) is 13.8 Å². The number of carbonyl (C=O) groups excluding carboxylic acids is 2. The zero-order valence-electron chi connectivity index (χ0n) is 18.1. The number of ether oxygens (including phenoxy) is 1. The second-order valence-electron chi connectivity index (χ2n) is 7.23. The lowest BCUT2D eigenvalue weighted by Gasteiger charge is -2.04. The van der Waals surface area contributed by atoms with Gasteiger partial charge in [0.05, 0.1) is 12.1 Å². The van der Waals surface area contributed by atoms with Crippen molar-refractivity contribution in [3.05, 3.63) is 59.4 Å². The molecule has 0 aliphatic carbocycles. The van der Waals surface area contributed by atoms with Gasteiger partial charge in [-0.25, -0.2) is 9.78 Å². The number of para-hydroxylation sites is 1. The highest BCUT2D eigenvalue weighted by Gasteiger charge is 2.23. The van der Waals surface area contributed by atoms with Gasteiger partial charge in [0.2, 0.25) is 5.16 Å². The van der Waals surface area contributed by atoms with Crippen LogP contribution in [0.15, 0.2) is 42.1 Å². The maximum atomic E-state index is 12.2. The van der Waals surface area contributed by atoms with E-state index in [0.29, 0.717) is 40.0 Å². The number of Topliss-reactive ketones (excluding diaryl/α,β-unsaturated/α-hetero) is 1. The first-order valence-electron chi connectivity index (χ1n) is 10.2. The van der Waals surface area contributed by atoms with Crippen molar-refractivity contribution in [1.82, 2.24) is 24.7 Å². The predicted octanol–water partition coefficient (Wildman–Crippen LogP) is 4.47. The lowest BCUT2D eigenvalue weighted by Crippen LogP contribution is -2.07. The lowest BCUT2D eigenvalue weighted by molar-refractivity contribution is 0.0519. The minimum Gasteiger partial charge on any atom is -0.461 e. The summed E-state index contributed by atoms with van der Waals surface area (Å²) in [6, 6.07) is 7.95. The van der Waals surface area contributed by atoms with Crippen LogP contribution in [-0.2, 0) is 17.0 Å². The number of ketones is 1. The Labute approximate surface area is 189 Å². The fraction of sp³-hybridized carbons (Fsp3) is 0.261. The molecule has 9 heteroatoms. The molecule has 8 nitrogen and oxygen atoms in total. The number of H-pyrrole nitrogens is 1. The van der Waals surface area contributed by atoms with E-state index in [1.165, 1.54) is 18.7 Å². The molecule has 0 radical (unpaired) electrons. The highest BCUT2D eigenvalue weighted by molar-refractivity contribution is 7.98. The van der Waals surface area contributed by atoms with Gasteiger partial charge in [0, 0.05) is 28.9 Å². The van der Waals surface area contributed by atoms with Gasteiger partial charge >= 0.3 is 5.97 Å². The van der Waals surface area contributed by atoms with Crippen molar-refractivity contribution in [3.8, 4) is 0 Å².